The summed E-state index contributed by atoms with van der Waals surface area (Å²) in [5.74, 6) is 1.43. The number of methoxy groups -OCH3 is 2. The summed E-state index contributed by atoms with van der Waals surface area (Å²) in [6.45, 7) is 13.0. The Morgan fingerprint density at radius 1 is 1.18 bits per heavy atom. The lowest BCUT2D eigenvalue weighted by Crippen LogP contribution is -2.43. The van der Waals surface area contributed by atoms with Gasteiger partial charge in [-0.3, -0.25) is 0 Å². The zero-order chi connectivity index (χ0) is 24.8. The maximum atomic E-state index is 11.9. The van der Waals surface area contributed by atoms with Gasteiger partial charge in [-0.25, -0.2) is 4.79 Å². The van der Waals surface area contributed by atoms with Gasteiger partial charge in [-0.05, 0) is 78.8 Å². The van der Waals surface area contributed by atoms with E-state index in [0.29, 0.717) is 18.4 Å². The number of esters is 1. The highest BCUT2D eigenvalue weighted by Crippen LogP contribution is 2.83. The van der Waals surface area contributed by atoms with Crippen LogP contribution in [0.4, 0.5) is 0 Å². The summed E-state index contributed by atoms with van der Waals surface area (Å²) in [5, 5.41) is 0.181. The Morgan fingerprint density at radius 2 is 1.88 bits per heavy atom. The van der Waals surface area contributed by atoms with Gasteiger partial charge >= 0.3 is 5.97 Å². The molecule has 0 saturated heterocycles. The number of rotatable bonds is 9. The van der Waals surface area contributed by atoms with E-state index in [0.717, 1.165) is 25.2 Å². The molecule has 3 aliphatic rings. The van der Waals surface area contributed by atoms with Crippen LogP contribution in [0.1, 0.15) is 52.0 Å². The maximum absolute atomic E-state index is 11.9. The highest BCUT2D eigenvalue weighted by molar-refractivity contribution is 6.74. The minimum absolute atomic E-state index is 0.121. The van der Waals surface area contributed by atoms with Crippen LogP contribution in [0.25, 0.3) is 0 Å². The van der Waals surface area contributed by atoms with Crippen molar-refractivity contribution in [1.29, 1.82) is 0 Å². The van der Waals surface area contributed by atoms with Gasteiger partial charge in [-0.2, -0.15) is 0 Å². The first-order chi connectivity index (χ1) is 16.0. The Balaban J connectivity index is 1.49. The average molecular weight is 487 g/mol. The van der Waals surface area contributed by atoms with Gasteiger partial charge in [0.2, 0.25) is 0 Å². The van der Waals surface area contributed by atoms with Crippen LogP contribution in [-0.4, -0.2) is 41.2 Å². The van der Waals surface area contributed by atoms with Crippen LogP contribution in [0.15, 0.2) is 36.4 Å². The van der Waals surface area contributed by atoms with Gasteiger partial charge in [-0.15, -0.1) is 0 Å². The van der Waals surface area contributed by atoms with Crippen molar-refractivity contribution < 1.29 is 23.4 Å². The molecule has 0 aromatic heterocycles. The van der Waals surface area contributed by atoms with Gasteiger partial charge in [0, 0.05) is 18.1 Å². The summed E-state index contributed by atoms with van der Waals surface area (Å²) in [5.41, 5.74) is 1.58. The molecule has 0 N–H and O–H groups in total. The molecule has 34 heavy (non-hydrogen) atoms. The van der Waals surface area contributed by atoms with E-state index in [2.05, 4.69) is 52.1 Å². The molecule has 3 aliphatic carbocycles. The molecule has 3 fully saturated rings. The van der Waals surface area contributed by atoms with Crippen molar-refractivity contribution >= 4 is 14.3 Å². The SMILES string of the molecule is COC(=O)/C=C\[C@@H]1C[C@@H]2[C@@H](OCc3ccc(OC)cc3)CC[C@@]23C[C@@]13CO[Si](C)(C)C(C)(C)C. The fourth-order valence-corrected chi connectivity index (χ4v) is 7.40. The number of carbonyl (C=O) groups is 1. The molecule has 0 bridgehead atoms. The summed E-state index contributed by atoms with van der Waals surface area (Å²) < 4.78 is 23.5. The molecule has 1 aromatic rings. The molecule has 0 unspecified atom stereocenters. The first kappa shape index (κ1) is 25.5. The smallest absolute Gasteiger partial charge is 0.330 e. The van der Waals surface area contributed by atoms with Crippen LogP contribution in [0.2, 0.25) is 18.1 Å². The van der Waals surface area contributed by atoms with Crippen molar-refractivity contribution in [2.45, 2.75) is 77.3 Å². The van der Waals surface area contributed by atoms with Crippen LogP contribution >= 0.6 is 0 Å². The highest BCUT2D eigenvalue weighted by Gasteiger charge is 2.79. The third kappa shape index (κ3) is 4.38. The van der Waals surface area contributed by atoms with Gasteiger partial charge in [0.15, 0.2) is 8.32 Å². The van der Waals surface area contributed by atoms with Crippen molar-refractivity contribution in [3.63, 3.8) is 0 Å². The van der Waals surface area contributed by atoms with E-state index in [1.807, 2.05) is 12.1 Å². The van der Waals surface area contributed by atoms with Gasteiger partial charge in [0.25, 0.3) is 0 Å². The number of hydrogen-bond acceptors (Lipinski definition) is 5. The van der Waals surface area contributed by atoms with Crippen molar-refractivity contribution in [1.82, 2.24) is 0 Å². The lowest BCUT2D eigenvalue weighted by molar-refractivity contribution is -0.134. The summed E-state index contributed by atoms with van der Waals surface area (Å²) in [4.78, 5) is 11.9. The van der Waals surface area contributed by atoms with E-state index >= 15 is 0 Å². The molecule has 5 atom stereocenters. The second-order valence-corrected chi connectivity index (χ2v) is 16.9. The van der Waals surface area contributed by atoms with Crippen molar-refractivity contribution in [2.24, 2.45) is 22.7 Å². The molecule has 3 saturated carbocycles. The molecule has 5 nitrogen and oxygen atoms in total. The van der Waals surface area contributed by atoms with Crippen molar-refractivity contribution in [3.05, 3.63) is 42.0 Å². The normalized spacial score (nSPS) is 32.5. The molecule has 0 aliphatic heterocycles. The van der Waals surface area contributed by atoms with E-state index in [1.54, 1.807) is 13.2 Å². The molecular weight excluding hydrogens is 444 g/mol. The molecule has 0 heterocycles. The standard InChI is InChI=1S/C28H42O5Si/c1-26(2,3)34(6,7)33-19-28-18-27(28)15-14-24(23(27)16-21(28)10-13-25(29)31-5)32-17-20-8-11-22(30-4)12-9-20/h8-13,21,23-24H,14-19H2,1-7H3/b13-10-/t21-,23-,24+,27-,28-/m1/s1. The first-order valence-corrected chi connectivity index (χ1v) is 15.5. The van der Waals surface area contributed by atoms with Gasteiger partial charge in [0.1, 0.15) is 5.75 Å². The lowest BCUT2D eigenvalue weighted by Gasteiger charge is -2.38. The molecule has 0 amide bonds. The van der Waals surface area contributed by atoms with Crippen LogP contribution in [0, 0.1) is 22.7 Å². The monoisotopic (exact) mass is 486 g/mol. The van der Waals surface area contributed by atoms with E-state index in [4.69, 9.17) is 18.6 Å². The second kappa shape index (κ2) is 9.10. The van der Waals surface area contributed by atoms with Crippen molar-refractivity contribution in [2.75, 3.05) is 20.8 Å². The zero-order valence-corrected chi connectivity index (χ0v) is 23.0. The molecule has 188 valence electrons. The lowest BCUT2D eigenvalue weighted by atomic mass is 9.87. The summed E-state index contributed by atoms with van der Waals surface area (Å²) in [7, 11) is 1.26. The summed E-state index contributed by atoms with van der Waals surface area (Å²) in [6.07, 6.45) is 8.52. The molecule has 1 spiro atoms. The molecule has 4 rings (SSSR count). The van der Waals surface area contributed by atoms with Crippen LogP contribution in [-0.2, 0) is 25.3 Å². The Labute approximate surface area is 206 Å². The maximum Gasteiger partial charge on any atom is 0.330 e. The molecular formula is C28H42O5Si. The van der Waals surface area contributed by atoms with Gasteiger partial charge in [0.05, 0.1) is 26.9 Å². The quantitative estimate of drug-likeness (QED) is 0.238. The third-order valence-corrected chi connectivity index (χ3v) is 14.0. The van der Waals surface area contributed by atoms with Gasteiger partial charge in [-0.1, -0.05) is 39.0 Å². The summed E-state index contributed by atoms with van der Waals surface area (Å²) >= 11 is 0. The first-order valence-electron chi connectivity index (χ1n) is 12.6. The van der Waals surface area contributed by atoms with E-state index < -0.39 is 8.32 Å². The number of allylic oxidation sites excluding steroid dienone is 1. The van der Waals surface area contributed by atoms with Crippen molar-refractivity contribution in [3.8, 4) is 5.75 Å². The van der Waals surface area contributed by atoms with Crippen LogP contribution < -0.4 is 4.74 Å². The predicted octanol–water partition coefficient (Wildman–Crippen LogP) is 6.14. The zero-order valence-electron chi connectivity index (χ0n) is 22.0. The minimum Gasteiger partial charge on any atom is -0.497 e. The summed E-state index contributed by atoms with van der Waals surface area (Å²) in [6, 6.07) is 8.13. The Kier molecular flexibility index (Phi) is 6.82. The highest BCUT2D eigenvalue weighted by atomic mass is 28.4. The van der Waals surface area contributed by atoms with E-state index in [-0.39, 0.29) is 27.9 Å². The third-order valence-electron chi connectivity index (χ3n) is 9.53. The number of hydrogen-bond donors (Lipinski definition) is 0. The largest absolute Gasteiger partial charge is 0.497 e. The average Bonchev–Trinajstić information content (AvgIpc) is 3.20. The Morgan fingerprint density at radius 3 is 2.50 bits per heavy atom. The fraction of sp³-hybridized carbons (Fsp3) is 0.679. The minimum atomic E-state index is -1.86. The van der Waals surface area contributed by atoms with Crippen LogP contribution in [0.3, 0.4) is 0 Å². The Hall–Kier alpha value is -1.63. The van der Waals surface area contributed by atoms with E-state index in [1.165, 1.54) is 25.5 Å². The number of benzene rings is 1. The van der Waals surface area contributed by atoms with Crippen LogP contribution in [0.5, 0.6) is 5.75 Å². The fourth-order valence-electron chi connectivity index (χ4n) is 6.35. The van der Waals surface area contributed by atoms with Gasteiger partial charge < -0.3 is 18.6 Å². The molecule has 6 heteroatoms. The van der Waals surface area contributed by atoms with E-state index in [9.17, 15) is 4.79 Å². The number of carbonyl (C=O) groups excluding carboxylic acids is 1. The topological polar surface area (TPSA) is 54.0 Å². The Bertz CT molecular complexity index is 918. The molecule has 0 radical (unpaired) electrons. The predicted molar refractivity (Wildman–Crippen MR) is 136 cm³/mol. The number of ether oxygens (including phenoxy) is 3. The second-order valence-electron chi connectivity index (χ2n) is 12.1. The molecule has 1 aromatic carbocycles.